The van der Waals surface area contributed by atoms with Crippen molar-refractivity contribution in [3.63, 3.8) is 0 Å². The van der Waals surface area contributed by atoms with Gasteiger partial charge in [0.1, 0.15) is 5.82 Å². The molecule has 0 fully saturated rings. The summed E-state index contributed by atoms with van der Waals surface area (Å²) in [6.07, 6.45) is 0. The molecule has 0 amide bonds. The minimum absolute atomic E-state index is 0.127. The number of hydrogen-bond donors (Lipinski definition) is 1. The van der Waals surface area contributed by atoms with E-state index in [2.05, 4.69) is 0 Å². The molecule has 3 heteroatoms. The molecule has 0 saturated heterocycles. The molecule has 0 bridgehead atoms. The van der Waals surface area contributed by atoms with E-state index in [4.69, 9.17) is 5.11 Å². The van der Waals surface area contributed by atoms with E-state index in [1.165, 1.54) is 6.07 Å². The van der Waals surface area contributed by atoms with Crippen molar-refractivity contribution in [2.75, 3.05) is 0 Å². The van der Waals surface area contributed by atoms with Gasteiger partial charge in [0.15, 0.2) is 0 Å². The standard InChI is InChI=1S/C12H15FO2/c1-7(2)10(12(14)15)11-8(3)5-4-6-9(11)13/h4-7,10H,1-3H3,(H,14,15). The van der Waals surface area contributed by atoms with E-state index in [0.717, 1.165) is 0 Å². The van der Waals surface area contributed by atoms with Crippen LogP contribution in [0.15, 0.2) is 18.2 Å². The number of aliphatic carboxylic acids is 1. The van der Waals surface area contributed by atoms with Crippen LogP contribution in [0, 0.1) is 18.7 Å². The van der Waals surface area contributed by atoms with Gasteiger partial charge >= 0.3 is 5.97 Å². The molecular formula is C12H15FO2. The van der Waals surface area contributed by atoms with E-state index in [1.807, 2.05) is 0 Å². The third kappa shape index (κ3) is 2.35. The zero-order valence-electron chi connectivity index (χ0n) is 9.12. The Morgan fingerprint density at radius 1 is 1.40 bits per heavy atom. The molecule has 1 aromatic rings. The number of benzene rings is 1. The van der Waals surface area contributed by atoms with Crippen molar-refractivity contribution >= 4 is 5.97 Å². The van der Waals surface area contributed by atoms with Crippen LogP contribution < -0.4 is 0 Å². The second-order valence-electron chi connectivity index (χ2n) is 4.03. The van der Waals surface area contributed by atoms with Crippen LogP contribution in [0.5, 0.6) is 0 Å². The summed E-state index contributed by atoms with van der Waals surface area (Å²) < 4.78 is 13.6. The maximum Gasteiger partial charge on any atom is 0.311 e. The van der Waals surface area contributed by atoms with Crippen LogP contribution in [-0.2, 0) is 4.79 Å². The van der Waals surface area contributed by atoms with Gasteiger partial charge in [-0.25, -0.2) is 4.39 Å². The molecule has 1 unspecified atom stereocenters. The predicted molar refractivity (Wildman–Crippen MR) is 56.4 cm³/mol. The lowest BCUT2D eigenvalue weighted by Gasteiger charge is -2.19. The molecule has 0 spiro atoms. The lowest BCUT2D eigenvalue weighted by atomic mass is 9.85. The quantitative estimate of drug-likeness (QED) is 0.832. The van der Waals surface area contributed by atoms with E-state index < -0.39 is 17.7 Å². The smallest absolute Gasteiger partial charge is 0.311 e. The first-order chi connectivity index (χ1) is 6.95. The Kier molecular flexibility index (Phi) is 3.45. The van der Waals surface area contributed by atoms with Gasteiger partial charge < -0.3 is 5.11 Å². The van der Waals surface area contributed by atoms with Crippen molar-refractivity contribution in [3.8, 4) is 0 Å². The summed E-state index contributed by atoms with van der Waals surface area (Å²) in [6, 6.07) is 4.63. The first-order valence-electron chi connectivity index (χ1n) is 4.93. The molecule has 15 heavy (non-hydrogen) atoms. The fourth-order valence-electron chi connectivity index (χ4n) is 1.78. The third-order valence-corrected chi connectivity index (χ3v) is 2.51. The van der Waals surface area contributed by atoms with Crippen molar-refractivity contribution in [3.05, 3.63) is 35.1 Å². The Bertz CT molecular complexity index is 352. The van der Waals surface area contributed by atoms with Gasteiger partial charge in [-0.05, 0) is 24.5 Å². The van der Waals surface area contributed by atoms with E-state index in [0.29, 0.717) is 11.1 Å². The normalized spacial score (nSPS) is 12.9. The predicted octanol–water partition coefficient (Wildman–Crippen LogP) is 2.96. The molecule has 1 atom stereocenters. The molecule has 0 aliphatic rings. The van der Waals surface area contributed by atoms with Crippen molar-refractivity contribution in [1.82, 2.24) is 0 Å². The molecule has 0 saturated carbocycles. The second kappa shape index (κ2) is 4.43. The summed E-state index contributed by atoms with van der Waals surface area (Å²) in [6.45, 7) is 5.30. The van der Waals surface area contributed by atoms with Gasteiger partial charge in [0, 0.05) is 5.56 Å². The molecule has 1 rings (SSSR count). The molecule has 0 heterocycles. The summed E-state index contributed by atoms with van der Waals surface area (Å²) in [4.78, 5) is 11.1. The summed E-state index contributed by atoms with van der Waals surface area (Å²) in [5, 5.41) is 9.08. The van der Waals surface area contributed by atoms with Gasteiger partial charge in [0.2, 0.25) is 0 Å². The van der Waals surface area contributed by atoms with Crippen molar-refractivity contribution in [2.45, 2.75) is 26.7 Å². The van der Waals surface area contributed by atoms with Gasteiger partial charge in [-0.3, -0.25) is 4.79 Å². The van der Waals surface area contributed by atoms with Gasteiger partial charge in [-0.1, -0.05) is 26.0 Å². The average Bonchev–Trinajstić information content (AvgIpc) is 2.09. The number of carboxylic acid groups (broad SMARTS) is 1. The monoisotopic (exact) mass is 210 g/mol. The highest BCUT2D eigenvalue weighted by atomic mass is 19.1. The summed E-state index contributed by atoms with van der Waals surface area (Å²) in [5.74, 6) is -2.31. The Hall–Kier alpha value is -1.38. The number of halogens is 1. The van der Waals surface area contributed by atoms with E-state index in [9.17, 15) is 9.18 Å². The second-order valence-corrected chi connectivity index (χ2v) is 4.03. The van der Waals surface area contributed by atoms with Crippen LogP contribution >= 0.6 is 0 Å². The SMILES string of the molecule is Cc1cccc(F)c1C(C(=O)O)C(C)C. The van der Waals surface area contributed by atoms with E-state index in [-0.39, 0.29) is 5.92 Å². The molecular weight excluding hydrogens is 195 g/mol. The molecule has 1 aromatic carbocycles. The largest absolute Gasteiger partial charge is 0.481 e. The molecule has 0 aromatic heterocycles. The van der Waals surface area contributed by atoms with Gasteiger partial charge in [0.05, 0.1) is 5.92 Å². The topological polar surface area (TPSA) is 37.3 Å². The van der Waals surface area contributed by atoms with Crippen LogP contribution in [0.1, 0.15) is 30.9 Å². The third-order valence-electron chi connectivity index (χ3n) is 2.51. The minimum Gasteiger partial charge on any atom is -0.481 e. The number of aryl methyl sites for hydroxylation is 1. The Morgan fingerprint density at radius 3 is 2.40 bits per heavy atom. The van der Waals surface area contributed by atoms with Crippen molar-refractivity contribution in [2.24, 2.45) is 5.92 Å². The zero-order chi connectivity index (χ0) is 11.6. The molecule has 82 valence electrons. The molecule has 1 N–H and O–H groups in total. The first kappa shape index (κ1) is 11.7. The minimum atomic E-state index is -0.974. The molecule has 2 nitrogen and oxygen atoms in total. The molecule has 0 aliphatic heterocycles. The van der Waals surface area contributed by atoms with Crippen LogP contribution in [0.25, 0.3) is 0 Å². The van der Waals surface area contributed by atoms with Crippen molar-refractivity contribution < 1.29 is 14.3 Å². The zero-order valence-corrected chi connectivity index (χ0v) is 9.12. The van der Waals surface area contributed by atoms with Crippen LogP contribution in [-0.4, -0.2) is 11.1 Å². The van der Waals surface area contributed by atoms with Gasteiger partial charge in [0.25, 0.3) is 0 Å². The first-order valence-corrected chi connectivity index (χ1v) is 4.93. The number of carboxylic acids is 1. The molecule has 0 radical (unpaired) electrons. The Balaban J connectivity index is 3.28. The van der Waals surface area contributed by atoms with Crippen LogP contribution in [0.2, 0.25) is 0 Å². The fourth-order valence-corrected chi connectivity index (χ4v) is 1.78. The van der Waals surface area contributed by atoms with Gasteiger partial charge in [-0.15, -0.1) is 0 Å². The maximum atomic E-state index is 13.6. The molecule has 0 aliphatic carbocycles. The highest BCUT2D eigenvalue weighted by Crippen LogP contribution is 2.29. The average molecular weight is 210 g/mol. The van der Waals surface area contributed by atoms with Gasteiger partial charge in [-0.2, -0.15) is 0 Å². The summed E-state index contributed by atoms with van der Waals surface area (Å²) >= 11 is 0. The Labute approximate surface area is 88.7 Å². The maximum absolute atomic E-state index is 13.6. The highest BCUT2D eigenvalue weighted by Gasteiger charge is 2.27. The number of hydrogen-bond acceptors (Lipinski definition) is 1. The summed E-state index contributed by atoms with van der Waals surface area (Å²) in [5.41, 5.74) is 0.996. The van der Waals surface area contributed by atoms with Crippen molar-refractivity contribution in [1.29, 1.82) is 0 Å². The summed E-state index contributed by atoms with van der Waals surface area (Å²) in [7, 11) is 0. The number of carbonyl (C=O) groups is 1. The Morgan fingerprint density at radius 2 is 2.00 bits per heavy atom. The lowest BCUT2D eigenvalue weighted by molar-refractivity contribution is -0.140. The van der Waals surface area contributed by atoms with Crippen LogP contribution in [0.4, 0.5) is 4.39 Å². The lowest BCUT2D eigenvalue weighted by Crippen LogP contribution is -2.19. The van der Waals surface area contributed by atoms with Crippen LogP contribution in [0.3, 0.4) is 0 Å². The number of rotatable bonds is 3. The fraction of sp³-hybridized carbons (Fsp3) is 0.417. The highest BCUT2D eigenvalue weighted by molar-refractivity contribution is 5.77. The van der Waals surface area contributed by atoms with E-state index >= 15 is 0 Å². The van der Waals surface area contributed by atoms with E-state index in [1.54, 1.807) is 32.9 Å².